The standard InChI is InChI=1S/C26H42O6/c1-7-26(5,6)25(31)32-22-13-15(2)12-18-9-8-16(3)20(23(18)22)11-10-19(27)14-21(28)17(4)24(29)30/h8-9,12,15-17,19-23,27-28H,7,10-11,13-14H2,1-6H3,(H,29,30)/t15-,16-,17-,19?,20?,21+,22-,23?/m0/s1. The van der Waals surface area contributed by atoms with Crippen molar-refractivity contribution in [2.75, 3.05) is 0 Å². The maximum Gasteiger partial charge on any atom is 0.311 e. The molecule has 6 nitrogen and oxygen atoms in total. The summed E-state index contributed by atoms with van der Waals surface area (Å²) < 4.78 is 6.11. The molecule has 182 valence electrons. The van der Waals surface area contributed by atoms with E-state index in [0.717, 1.165) is 6.42 Å². The van der Waals surface area contributed by atoms with E-state index in [1.807, 2.05) is 20.8 Å². The van der Waals surface area contributed by atoms with Crippen molar-refractivity contribution >= 4 is 11.9 Å². The number of aliphatic hydroxyl groups is 2. The predicted molar refractivity (Wildman–Crippen MR) is 124 cm³/mol. The summed E-state index contributed by atoms with van der Waals surface area (Å²) in [6, 6.07) is 0. The van der Waals surface area contributed by atoms with Crippen LogP contribution in [0.25, 0.3) is 0 Å². The van der Waals surface area contributed by atoms with E-state index in [1.54, 1.807) is 0 Å². The van der Waals surface area contributed by atoms with E-state index in [-0.39, 0.29) is 36.2 Å². The maximum atomic E-state index is 12.9. The van der Waals surface area contributed by atoms with Crippen molar-refractivity contribution < 1.29 is 29.6 Å². The van der Waals surface area contributed by atoms with Crippen LogP contribution in [0.15, 0.2) is 23.8 Å². The minimum atomic E-state index is -1.08. The number of carboxylic acids is 1. The molecule has 0 amide bonds. The fourth-order valence-electron chi connectivity index (χ4n) is 4.81. The molecule has 0 aromatic carbocycles. The zero-order valence-corrected chi connectivity index (χ0v) is 20.5. The zero-order valence-electron chi connectivity index (χ0n) is 20.5. The summed E-state index contributed by atoms with van der Waals surface area (Å²) in [6.45, 7) is 11.6. The summed E-state index contributed by atoms with van der Waals surface area (Å²) in [6.07, 6.45) is 7.27. The largest absolute Gasteiger partial charge is 0.481 e. The average molecular weight is 451 g/mol. The molecule has 0 saturated heterocycles. The van der Waals surface area contributed by atoms with Crippen LogP contribution < -0.4 is 0 Å². The molecular weight excluding hydrogens is 408 g/mol. The minimum absolute atomic E-state index is 0.0396. The summed E-state index contributed by atoms with van der Waals surface area (Å²) in [5.74, 6) is -1.28. The lowest BCUT2D eigenvalue weighted by Crippen LogP contribution is -2.43. The van der Waals surface area contributed by atoms with Gasteiger partial charge in [-0.05, 0) is 69.8 Å². The van der Waals surface area contributed by atoms with Crippen molar-refractivity contribution in [1.29, 1.82) is 0 Å². The minimum Gasteiger partial charge on any atom is -0.481 e. The lowest BCUT2D eigenvalue weighted by atomic mass is 9.65. The topological polar surface area (TPSA) is 104 Å². The highest BCUT2D eigenvalue weighted by molar-refractivity contribution is 5.76. The number of aliphatic carboxylic acids is 1. The molecule has 0 saturated carbocycles. The molecule has 0 heterocycles. The number of carboxylic acid groups (broad SMARTS) is 1. The van der Waals surface area contributed by atoms with Gasteiger partial charge in [-0.3, -0.25) is 9.59 Å². The number of esters is 1. The van der Waals surface area contributed by atoms with Crippen LogP contribution in [0.1, 0.15) is 73.6 Å². The molecule has 2 aliphatic rings. The highest BCUT2D eigenvalue weighted by Gasteiger charge is 2.43. The third-order valence-electron chi connectivity index (χ3n) is 7.60. The van der Waals surface area contributed by atoms with E-state index in [4.69, 9.17) is 9.84 Å². The van der Waals surface area contributed by atoms with Crippen molar-refractivity contribution in [2.45, 2.75) is 92.0 Å². The molecule has 8 atom stereocenters. The summed E-state index contributed by atoms with van der Waals surface area (Å²) in [7, 11) is 0. The Kier molecular flexibility index (Phi) is 9.12. The van der Waals surface area contributed by atoms with Gasteiger partial charge in [0.1, 0.15) is 6.10 Å². The van der Waals surface area contributed by atoms with Crippen molar-refractivity contribution in [3.63, 3.8) is 0 Å². The quantitative estimate of drug-likeness (QED) is 0.428. The normalized spacial score (nSPS) is 30.6. The fourth-order valence-corrected chi connectivity index (χ4v) is 4.81. The number of carbonyl (C=O) groups is 2. The number of allylic oxidation sites excluding steroid dienone is 3. The molecule has 3 N–H and O–H groups in total. The van der Waals surface area contributed by atoms with Crippen LogP contribution in [0.2, 0.25) is 0 Å². The molecule has 0 fully saturated rings. The van der Waals surface area contributed by atoms with Crippen LogP contribution in [0.5, 0.6) is 0 Å². The molecule has 0 aliphatic heterocycles. The van der Waals surface area contributed by atoms with Crippen molar-refractivity contribution in [3.05, 3.63) is 23.8 Å². The summed E-state index contributed by atoms with van der Waals surface area (Å²) in [4.78, 5) is 23.9. The van der Waals surface area contributed by atoms with Crippen LogP contribution in [-0.4, -0.2) is 45.6 Å². The Labute approximate surface area is 192 Å². The molecule has 32 heavy (non-hydrogen) atoms. The fraction of sp³-hybridized carbons (Fsp3) is 0.769. The van der Waals surface area contributed by atoms with Gasteiger partial charge in [-0.1, -0.05) is 39.0 Å². The van der Waals surface area contributed by atoms with Gasteiger partial charge >= 0.3 is 11.9 Å². The third-order valence-corrected chi connectivity index (χ3v) is 7.60. The van der Waals surface area contributed by atoms with Crippen LogP contribution >= 0.6 is 0 Å². The second kappa shape index (κ2) is 11.0. The molecule has 0 aromatic rings. The van der Waals surface area contributed by atoms with Gasteiger partial charge in [0.15, 0.2) is 0 Å². The Balaban J connectivity index is 2.13. The van der Waals surface area contributed by atoms with Crippen LogP contribution in [-0.2, 0) is 14.3 Å². The van der Waals surface area contributed by atoms with E-state index in [9.17, 15) is 19.8 Å². The number of fused-ring (bicyclic) bond motifs is 1. The van der Waals surface area contributed by atoms with Gasteiger partial charge in [0.2, 0.25) is 0 Å². The van der Waals surface area contributed by atoms with Gasteiger partial charge in [-0.25, -0.2) is 0 Å². The molecule has 2 aliphatic carbocycles. The maximum absolute atomic E-state index is 12.9. The number of hydrogen-bond donors (Lipinski definition) is 3. The lowest BCUT2D eigenvalue weighted by molar-refractivity contribution is -0.164. The Bertz CT molecular complexity index is 724. The molecule has 3 unspecified atom stereocenters. The van der Waals surface area contributed by atoms with Gasteiger partial charge in [-0.15, -0.1) is 0 Å². The number of hydrogen-bond acceptors (Lipinski definition) is 5. The van der Waals surface area contributed by atoms with Gasteiger partial charge < -0.3 is 20.1 Å². The molecule has 0 radical (unpaired) electrons. The first-order chi connectivity index (χ1) is 14.9. The van der Waals surface area contributed by atoms with Crippen LogP contribution in [0.4, 0.5) is 0 Å². The van der Waals surface area contributed by atoms with Crippen LogP contribution in [0.3, 0.4) is 0 Å². The number of ether oxygens (including phenoxy) is 1. The first kappa shape index (κ1) is 26.6. The zero-order chi connectivity index (χ0) is 24.2. The first-order valence-electron chi connectivity index (χ1n) is 12.1. The van der Waals surface area contributed by atoms with E-state index in [0.29, 0.717) is 25.2 Å². The summed E-state index contributed by atoms with van der Waals surface area (Å²) in [5.41, 5.74) is 0.677. The molecular formula is C26H42O6. The SMILES string of the molecule is CCC(C)(C)C(=O)O[C@H]1C[C@@H](C)C=C2C=C[C@H](C)C(CCC(O)C[C@@H](O)[C@H](C)C(=O)O)C21. The molecule has 6 heteroatoms. The Morgan fingerprint density at radius 1 is 1.25 bits per heavy atom. The molecule has 0 bridgehead atoms. The molecule has 2 rings (SSSR count). The highest BCUT2D eigenvalue weighted by Crippen LogP contribution is 2.45. The van der Waals surface area contributed by atoms with Gasteiger partial charge in [-0.2, -0.15) is 0 Å². The third kappa shape index (κ3) is 6.44. The Morgan fingerprint density at radius 2 is 1.91 bits per heavy atom. The summed E-state index contributed by atoms with van der Waals surface area (Å²) >= 11 is 0. The van der Waals surface area contributed by atoms with Gasteiger partial charge in [0.05, 0.1) is 23.5 Å². The van der Waals surface area contributed by atoms with Crippen molar-refractivity contribution in [3.8, 4) is 0 Å². The smallest absolute Gasteiger partial charge is 0.311 e. The van der Waals surface area contributed by atoms with Crippen LogP contribution in [0, 0.1) is 35.0 Å². The van der Waals surface area contributed by atoms with Crippen molar-refractivity contribution in [1.82, 2.24) is 0 Å². The summed E-state index contributed by atoms with van der Waals surface area (Å²) in [5, 5.41) is 29.6. The number of carbonyl (C=O) groups excluding carboxylic acids is 1. The highest BCUT2D eigenvalue weighted by atomic mass is 16.5. The van der Waals surface area contributed by atoms with E-state index >= 15 is 0 Å². The predicted octanol–water partition coefficient (Wildman–Crippen LogP) is 4.35. The van der Waals surface area contributed by atoms with Crippen molar-refractivity contribution in [2.24, 2.45) is 35.0 Å². The second-order valence-electron chi connectivity index (χ2n) is 10.6. The van der Waals surface area contributed by atoms with E-state index in [1.165, 1.54) is 12.5 Å². The van der Waals surface area contributed by atoms with Gasteiger partial charge in [0, 0.05) is 12.3 Å². The molecule has 0 spiro atoms. The number of rotatable bonds is 10. The van der Waals surface area contributed by atoms with E-state index < -0.39 is 29.5 Å². The van der Waals surface area contributed by atoms with Gasteiger partial charge in [0.25, 0.3) is 0 Å². The lowest BCUT2D eigenvalue weighted by Gasteiger charge is -2.44. The monoisotopic (exact) mass is 450 g/mol. The Hall–Kier alpha value is -1.66. The second-order valence-corrected chi connectivity index (χ2v) is 10.6. The molecule has 0 aromatic heterocycles. The number of aliphatic hydroxyl groups excluding tert-OH is 2. The Morgan fingerprint density at radius 3 is 2.50 bits per heavy atom. The van der Waals surface area contributed by atoms with E-state index in [2.05, 4.69) is 32.1 Å². The average Bonchev–Trinajstić information content (AvgIpc) is 2.72. The first-order valence-corrected chi connectivity index (χ1v) is 12.1.